The normalized spacial score (nSPS) is 23.2. The van der Waals surface area contributed by atoms with Crippen LogP contribution in [0.5, 0.6) is 0 Å². The average Bonchev–Trinajstić information content (AvgIpc) is 2.71. The highest BCUT2D eigenvalue weighted by Gasteiger charge is 2.16. The van der Waals surface area contributed by atoms with Crippen molar-refractivity contribution in [3.8, 4) is 0 Å². The first kappa shape index (κ1) is 13.3. The molecule has 1 aliphatic heterocycles. The molecule has 0 aliphatic carbocycles. The number of ether oxygens (including phenoxy) is 2. The predicted molar refractivity (Wildman–Crippen MR) is 65.6 cm³/mol. The third kappa shape index (κ3) is 5.76. The van der Waals surface area contributed by atoms with E-state index in [4.69, 9.17) is 9.47 Å². The number of thioether (sulfide) groups is 1. The highest BCUT2D eigenvalue weighted by molar-refractivity contribution is 7.99. The van der Waals surface area contributed by atoms with Gasteiger partial charge in [-0.1, -0.05) is 6.92 Å². The maximum absolute atomic E-state index is 5.58. The molecule has 1 fully saturated rings. The SMILES string of the molecule is CCNC(COC)CSCC1CCCO1. The van der Waals surface area contributed by atoms with E-state index in [0.717, 1.165) is 31.3 Å². The highest BCUT2D eigenvalue weighted by Crippen LogP contribution is 2.17. The minimum atomic E-state index is 0.478. The summed E-state index contributed by atoms with van der Waals surface area (Å²) in [5, 5.41) is 3.42. The summed E-state index contributed by atoms with van der Waals surface area (Å²) >= 11 is 1.97. The first-order valence-electron chi connectivity index (χ1n) is 5.78. The van der Waals surface area contributed by atoms with Gasteiger partial charge in [-0.25, -0.2) is 0 Å². The fourth-order valence-electron chi connectivity index (χ4n) is 1.77. The largest absolute Gasteiger partial charge is 0.383 e. The summed E-state index contributed by atoms with van der Waals surface area (Å²) in [4.78, 5) is 0. The Morgan fingerprint density at radius 3 is 3.07 bits per heavy atom. The quantitative estimate of drug-likeness (QED) is 0.688. The molecule has 2 unspecified atom stereocenters. The maximum Gasteiger partial charge on any atom is 0.0666 e. The van der Waals surface area contributed by atoms with Gasteiger partial charge < -0.3 is 14.8 Å². The van der Waals surface area contributed by atoms with Gasteiger partial charge in [-0.05, 0) is 19.4 Å². The molecule has 1 N–H and O–H groups in total. The Hall–Kier alpha value is 0.230. The lowest BCUT2D eigenvalue weighted by Gasteiger charge is -2.17. The maximum atomic E-state index is 5.58. The van der Waals surface area contributed by atoms with Crippen LogP contribution in [-0.2, 0) is 9.47 Å². The average molecular weight is 233 g/mol. The Kier molecular flexibility index (Phi) is 7.44. The van der Waals surface area contributed by atoms with Gasteiger partial charge in [-0.15, -0.1) is 0 Å². The molecule has 2 atom stereocenters. The van der Waals surface area contributed by atoms with Gasteiger partial charge in [0, 0.05) is 31.3 Å². The molecule has 3 nitrogen and oxygen atoms in total. The Morgan fingerprint density at radius 1 is 1.60 bits per heavy atom. The first-order valence-corrected chi connectivity index (χ1v) is 6.94. The first-order chi connectivity index (χ1) is 7.36. The second-order valence-electron chi connectivity index (χ2n) is 3.88. The lowest BCUT2D eigenvalue weighted by molar-refractivity contribution is 0.128. The van der Waals surface area contributed by atoms with Crippen molar-refractivity contribution >= 4 is 11.8 Å². The molecule has 0 bridgehead atoms. The van der Waals surface area contributed by atoms with Crippen LogP contribution in [0.2, 0.25) is 0 Å². The smallest absolute Gasteiger partial charge is 0.0666 e. The van der Waals surface area contributed by atoms with Crippen LogP contribution in [0.25, 0.3) is 0 Å². The van der Waals surface area contributed by atoms with E-state index in [-0.39, 0.29) is 0 Å². The zero-order valence-electron chi connectivity index (χ0n) is 9.83. The van der Waals surface area contributed by atoms with Gasteiger partial charge in [0.1, 0.15) is 0 Å². The van der Waals surface area contributed by atoms with Crippen LogP contribution in [0.3, 0.4) is 0 Å². The lowest BCUT2D eigenvalue weighted by atomic mass is 10.3. The standard InChI is InChI=1S/C11H23NO2S/c1-3-12-10(7-13-2)8-15-9-11-5-4-6-14-11/h10-12H,3-9H2,1-2H3. The van der Waals surface area contributed by atoms with Crippen LogP contribution < -0.4 is 5.32 Å². The molecule has 0 aromatic carbocycles. The molecule has 1 rings (SSSR count). The summed E-state index contributed by atoms with van der Waals surface area (Å²) in [7, 11) is 1.76. The molecule has 15 heavy (non-hydrogen) atoms. The third-order valence-corrected chi connectivity index (χ3v) is 3.75. The molecule has 1 heterocycles. The third-order valence-electron chi connectivity index (χ3n) is 2.51. The minimum Gasteiger partial charge on any atom is -0.383 e. The van der Waals surface area contributed by atoms with Crippen LogP contribution >= 0.6 is 11.8 Å². The van der Waals surface area contributed by atoms with Crippen molar-refractivity contribution in [3.05, 3.63) is 0 Å². The Balaban J connectivity index is 2.04. The molecular formula is C11H23NO2S. The fraction of sp³-hybridized carbons (Fsp3) is 1.00. The van der Waals surface area contributed by atoms with E-state index in [2.05, 4.69) is 12.2 Å². The van der Waals surface area contributed by atoms with Crippen molar-refractivity contribution in [1.82, 2.24) is 5.32 Å². The predicted octanol–water partition coefficient (Wildman–Crippen LogP) is 1.52. The lowest BCUT2D eigenvalue weighted by Crippen LogP contribution is -2.35. The molecule has 90 valence electrons. The van der Waals surface area contributed by atoms with Gasteiger partial charge in [0.15, 0.2) is 0 Å². The summed E-state index contributed by atoms with van der Waals surface area (Å²) in [6.07, 6.45) is 2.98. The van der Waals surface area contributed by atoms with E-state index in [1.54, 1.807) is 7.11 Å². The monoisotopic (exact) mass is 233 g/mol. The van der Waals surface area contributed by atoms with Gasteiger partial charge >= 0.3 is 0 Å². The van der Waals surface area contributed by atoms with Crippen molar-refractivity contribution in [2.24, 2.45) is 0 Å². The summed E-state index contributed by atoms with van der Waals surface area (Å²) in [5.74, 6) is 2.24. The zero-order chi connectivity index (χ0) is 10.9. The number of hydrogen-bond donors (Lipinski definition) is 1. The minimum absolute atomic E-state index is 0.478. The van der Waals surface area contributed by atoms with Crippen molar-refractivity contribution in [3.63, 3.8) is 0 Å². The van der Waals surface area contributed by atoms with E-state index < -0.39 is 0 Å². The van der Waals surface area contributed by atoms with E-state index in [9.17, 15) is 0 Å². The van der Waals surface area contributed by atoms with E-state index in [1.165, 1.54) is 12.8 Å². The Bertz CT molecular complexity index is 146. The van der Waals surface area contributed by atoms with Crippen LogP contribution in [-0.4, -0.2) is 50.5 Å². The van der Waals surface area contributed by atoms with Gasteiger partial charge in [0.2, 0.25) is 0 Å². The van der Waals surface area contributed by atoms with Crippen LogP contribution in [0.15, 0.2) is 0 Å². The van der Waals surface area contributed by atoms with E-state index in [0.29, 0.717) is 12.1 Å². The van der Waals surface area contributed by atoms with Crippen molar-refractivity contribution < 1.29 is 9.47 Å². The van der Waals surface area contributed by atoms with Crippen LogP contribution in [0.4, 0.5) is 0 Å². The number of likely N-dealkylation sites (N-methyl/N-ethyl adjacent to an activating group) is 1. The molecular weight excluding hydrogens is 210 g/mol. The van der Waals surface area contributed by atoms with Gasteiger partial charge in [0.05, 0.1) is 12.7 Å². The second-order valence-corrected chi connectivity index (χ2v) is 4.96. The summed E-state index contributed by atoms with van der Waals surface area (Å²) in [6.45, 7) is 4.90. The molecule has 0 saturated carbocycles. The van der Waals surface area contributed by atoms with Crippen molar-refractivity contribution in [1.29, 1.82) is 0 Å². The number of rotatable bonds is 8. The molecule has 4 heteroatoms. The second kappa shape index (κ2) is 8.39. The van der Waals surface area contributed by atoms with Crippen LogP contribution in [0, 0.1) is 0 Å². The van der Waals surface area contributed by atoms with E-state index in [1.807, 2.05) is 11.8 Å². The van der Waals surface area contributed by atoms with Gasteiger partial charge in [0.25, 0.3) is 0 Å². The Labute approximate surface area is 97.3 Å². The fourth-order valence-corrected chi connectivity index (χ4v) is 2.93. The van der Waals surface area contributed by atoms with Crippen LogP contribution in [0.1, 0.15) is 19.8 Å². The number of methoxy groups -OCH3 is 1. The topological polar surface area (TPSA) is 30.5 Å². The number of nitrogens with one attached hydrogen (secondary N) is 1. The highest BCUT2D eigenvalue weighted by atomic mass is 32.2. The zero-order valence-corrected chi connectivity index (χ0v) is 10.6. The Morgan fingerprint density at radius 2 is 2.47 bits per heavy atom. The van der Waals surface area contributed by atoms with Gasteiger partial charge in [-0.2, -0.15) is 11.8 Å². The van der Waals surface area contributed by atoms with Gasteiger partial charge in [-0.3, -0.25) is 0 Å². The summed E-state index contributed by atoms with van der Waals surface area (Å²) in [6, 6.07) is 0.478. The van der Waals surface area contributed by atoms with Crippen molar-refractivity contribution in [2.75, 3.05) is 38.4 Å². The number of hydrogen-bond acceptors (Lipinski definition) is 4. The molecule has 0 amide bonds. The molecule has 0 spiro atoms. The van der Waals surface area contributed by atoms with Crippen molar-refractivity contribution in [2.45, 2.75) is 31.9 Å². The summed E-state index contributed by atoms with van der Waals surface area (Å²) in [5.41, 5.74) is 0. The summed E-state index contributed by atoms with van der Waals surface area (Å²) < 4.78 is 10.8. The molecule has 0 radical (unpaired) electrons. The molecule has 0 aromatic heterocycles. The van der Waals surface area contributed by atoms with E-state index >= 15 is 0 Å². The molecule has 0 aromatic rings. The molecule has 1 saturated heterocycles. The molecule has 1 aliphatic rings.